The molecule has 31 heavy (non-hydrogen) atoms. The molecule has 5 rings (SSSR count). The summed E-state index contributed by atoms with van der Waals surface area (Å²) in [4.78, 5) is 17.1. The van der Waals surface area contributed by atoms with Crippen molar-refractivity contribution in [2.45, 2.75) is 25.3 Å². The molecule has 0 aliphatic heterocycles. The first-order valence-corrected chi connectivity index (χ1v) is 10.8. The van der Waals surface area contributed by atoms with Crippen LogP contribution in [-0.4, -0.2) is 57.2 Å². The Bertz CT molecular complexity index is 1160. The van der Waals surface area contributed by atoms with Crippen LogP contribution in [-0.2, 0) is 6.54 Å². The fourth-order valence-electron chi connectivity index (χ4n) is 3.77. The predicted molar refractivity (Wildman–Crippen MR) is 124 cm³/mol. The molecule has 1 fully saturated rings. The zero-order chi connectivity index (χ0) is 21.2. The van der Waals surface area contributed by atoms with Crippen molar-refractivity contribution in [2.24, 2.45) is 0 Å². The number of H-pyrrole nitrogens is 2. The summed E-state index contributed by atoms with van der Waals surface area (Å²) >= 11 is 0. The Morgan fingerprint density at radius 2 is 2.00 bits per heavy atom. The van der Waals surface area contributed by atoms with E-state index in [0.717, 1.165) is 36.8 Å². The molecule has 160 valence electrons. The summed E-state index contributed by atoms with van der Waals surface area (Å²) in [6.07, 6.45) is 6.28. The standard InChI is InChI=1S/C23H28N8/c1-30(2)12-13-31(15-17-4-3-5-19-18(17)8-10-24-19)23-25-11-9-21(27-23)26-22-14-20(28-29-22)16-6-7-16/h3-5,8-11,14,16,24H,6-7,12-13,15H2,1-2H3,(H2,25,26,27,28,29). The van der Waals surface area contributed by atoms with E-state index >= 15 is 0 Å². The summed E-state index contributed by atoms with van der Waals surface area (Å²) in [5, 5.41) is 12.1. The van der Waals surface area contributed by atoms with E-state index in [0.29, 0.717) is 11.9 Å². The summed E-state index contributed by atoms with van der Waals surface area (Å²) < 4.78 is 0. The molecule has 1 aliphatic carbocycles. The first kappa shape index (κ1) is 19.6. The van der Waals surface area contributed by atoms with Gasteiger partial charge in [0.2, 0.25) is 5.95 Å². The molecule has 0 spiro atoms. The monoisotopic (exact) mass is 416 g/mol. The fourth-order valence-corrected chi connectivity index (χ4v) is 3.77. The van der Waals surface area contributed by atoms with Gasteiger partial charge in [-0.3, -0.25) is 5.10 Å². The van der Waals surface area contributed by atoms with Crippen molar-refractivity contribution in [2.75, 3.05) is 37.4 Å². The molecule has 0 atom stereocenters. The zero-order valence-corrected chi connectivity index (χ0v) is 18.0. The topological polar surface area (TPSA) is 88.8 Å². The third-order valence-corrected chi connectivity index (χ3v) is 5.66. The lowest BCUT2D eigenvalue weighted by Crippen LogP contribution is -2.32. The summed E-state index contributed by atoms with van der Waals surface area (Å²) in [6, 6.07) is 12.4. The van der Waals surface area contributed by atoms with Crippen molar-refractivity contribution in [3.8, 4) is 0 Å². The maximum Gasteiger partial charge on any atom is 0.227 e. The summed E-state index contributed by atoms with van der Waals surface area (Å²) in [7, 11) is 4.16. The van der Waals surface area contributed by atoms with Gasteiger partial charge < -0.3 is 20.1 Å². The summed E-state index contributed by atoms with van der Waals surface area (Å²) in [5.74, 6) is 2.89. The Kier molecular flexibility index (Phi) is 5.30. The highest BCUT2D eigenvalue weighted by Crippen LogP contribution is 2.39. The highest BCUT2D eigenvalue weighted by Gasteiger charge is 2.25. The molecule has 0 saturated heterocycles. The number of hydrogen-bond donors (Lipinski definition) is 3. The van der Waals surface area contributed by atoms with Crippen molar-refractivity contribution in [3.63, 3.8) is 0 Å². The SMILES string of the molecule is CN(C)CCN(Cc1cccc2[nH]ccc12)c1nccc(Nc2cc(C3CC3)[nH]n2)n1. The molecule has 1 aliphatic rings. The van der Waals surface area contributed by atoms with Gasteiger partial charge in [-0.2, -0.15) is 10.1 Å². The molecular formula is C23H28N8. The third kappa shape index (κ3) is 4.54. The van der Waals surface area contributed by atoms with E-state index in [1.165, 1.54) is 29.5 Å². The van der Waals surface area contributed by atoms with E-state index in [-0.39, 0.29) is 0 Å². The van der Waals surface area contributed by atoms with Crippen LogP contribution in [0.3, 0.4) is 0 Å². The van der Waals surface area contributed by atoms with E-state index < -0.39 is 0 Å². The number of fused-ring (bicyclic) bond motifs is 1. The Labute approximate surface area is 181 Å². The van der Waals surface area contributed by atoms with Gasteiger partial charge >= 0.3 is 0 Å². The minimum atomic E-state index is 0.640. The van der Waals surface area contributed by atoms with Crippen molar-refractivity contribution < 1.29 is 0 Å². The van der Waals surface area contributed by atoms with Crippen molar-refractivity contribution in [1.29, 1.82) is 0 Å². The quantitative estimate of drug-likeness (QED) is 0.384. The van der Waals surface area contributed by atoms with Crippen LogP contribution in [0, 0.1) is 0 Å². The van der Waals surface area contributed by atoms with Crippen LogP contribution in [0.1, 0.15) is 30.0 Å². The number of aromatic amines is 2. The molecule has 3 N–H and O–H groups in total. The number of aromatic nitrogens is 5. The van der Waals surface area contributed by atoms with E-state index in [2.05, 4.69) is 79.7 Å². The Balaban J connectivity index is 1.38. The van der Waals surface area contributed by atoms with Crippen LogP contribution in [0.4, 0.5) is 17.6 Å². The minimum Gasteiger partial charge on any atom is -0.361 e. The first-order chi connectivity index (χ1) is 15.2. The lowest BCUT2D eigenvalue weighted by molar-refractivity contribution is 0.411. The highest BCUT2D eigenvalue weighted by molar-refractivity contribution is 5.83. The zero-order valence-electron chi connectivity index (χ0n) is 18.0. The van der Waals surface area contributed by atoms with Gasteiger partial charge in [-0.15, -0.1) is 0 Å². The number of benzene rings is 1. The molecule has 0 unspecified atom stereocenters. The van der Waals surface area contributed by atoms with Crippen LogP contribution in [0.15, 0.2) is 48.8 Å². The lowest BCUT2D eigenvalue weighted by atomic mass is 10.1. The van der Waals surface area contributed by atoms with E-state index in [1.807, 2.05) is 12.3 Å². The number of likely N-dealkylation sites (N-methyl/N-ethyl adjacent to an activating group) is 1. The van der Waals surface area contributed by atoms with Crippen LogP contribution in [0.2, 0.25) is 0 Å². The van der Waals surface area contributed by atoms with Gasteiger partial charge in [-0.25, -0.2) is 4.98 Å². The number of nitrogens with one attached hydrogen (secondary N) is 3. The van der Waals surface area contributed by atoms with Gasteiger partial charge in [-0.05, 0) is 50.7 Å². The van der Waals surface area contributed by atoms with Crippen molar-refractivity contribution in [3.05, 3.63) is 60.0 Å². The van der Waals surface area contributed by atoms with Gasteiger partial charge in [0.05, 0.1) is 0 Å². The number of hydrogen-bond acceptors (Lipinski definition) is 6. The van der Waals surface area contributed by atoms with Gasteiger partial charge in [-0.1, -0.05) is 12.1 Å². The molecular weight excluding hydrogens is 388 g/mol. The predicted octanol–water partition coefficient (Wildman–Crippen LogP) is 3.87. The fraction of sp³-hybridized carbons (Fsp3) is 0.348. The second-order valence-electron chi connectivity index (χ2n) is 8.43. The third-order valence-electron chi connectivity index (χ3n) is 5.66. The molecule has 3 heterocycles. The Morgan fingerprint density at radius 1 is 1.10 bits per heavy atom. The molecule has 1 saturated carbocycles. The molecule has 8 heteroatoms. The maximum absolute atomic E-state index is 4.80. The molecule has 4 aromatic rings. The summed E-state index contributed by atoms with van der Waals surface area (Å²) in [5.41, 5.74) is 3.59. The Morgan fingerprint density at radius 3 is 2.84 bits per heavy atom. The molecule has 3 aromatic heterocycles. The van der Waals surface area contributed by atoms with Crippen molar-refractivity contribution >= 4 is 28.5 Å². The minimum absolute atomic E-state index is 0.640. The normalized spacial score (nSPS) is 13.8. The van der Waals surface area contributed by atoms with E-state index in [9.17, 15) is 0 Å². The van der Waals surface area contributed by atoms with Gasteiger partial charge in [0.15, 0.2) is 5.82 Å². The molecule has 0 radical (unpaired) electrons. The van der Waals surface area contributed by atoms with Gasteiger partial charge in [0.25, 0.3) is 0 Å². The molecule has 0 amide bonds. The maximum atomic E-state index is 4.80. The average molecular weight is 417 g/mol. The first-order valence-electron chi connectivity index (χ1n) is 10.8. The van der Waals surface area contributed by atoms with E-state index in [4.69, 9.17) is 4.98 Å². The number of rotatable bonds is 9. The van der Waals surface area contributed by atoms with Gasteiger partial charge in [0.1, 0.15) is 5.82 Å². The van der Waals surface area contributed by atoms with E-state index in [1.54, 1.807) is 6.20 Å². The smallest absolute Gasteiger partial charge is 0.227 e. The second-order valence-corrected chi connectivity index (χ2v) is 8.43. The van der Waals surface area contributed by atoms with Crippen LogP contribution in [0.5, 0.6) is 0 Å². The number of nitrogens with zero attached hydrogens (tertiary/aromatic N) is 5. The van der Waals surface area contributed by atoms with Crippen LogP contribution >= 0.6 is 0 Å². The van der Waals surface area contributed by atoms with Gasteiger partial charge in [0, 0.05) is 60.6 Å². The molecule has 8 nitrogen and oxygen atoms in total. The second kappa shape index (κ2) is 8.39. The largest absolute Gasteiger partial charge is 0.361 e. The molecule has 1 aromatic carbocycles. The van der Waals surface area contributed by atoms with Crippen LogP contribution < -0.4 is 10.2 Å². The molecule has 0 bridgehead atoms. The number of anilines is 3. The van der Waals surface area contributed by atoms with Crippen molar-refractivity contribution in [1.82, 2.24) is 30.0 Å². The highest BCUT2D eigenvalue weighted by atomic mass is 15.3. The average Bonchev–Trinajstić information content (AvgIpc) is 3.31. The Hall–Kier alpha value is -3.39. The lowest BCUT2D eigenvalue weighted by Gasteiger charge is -2.25. The summed E-state index contributed by atoms with van der Waals surface area (Å²) in [6.45, 7) is 2.47. The van der Waals surface area contributed by atoms with Crippen LogP contribution in [0.25, 0.3) is 10.9 Å².